The number of likely N-dealkylation sites (N-methyl/N-ethyl adjacent to an activating group) is 1. The number of ether oxygens (including phenoxy) is 1. The molecule has 0 aliphatic carbocycles. The minimum atomic E-state index is -4.13. The molecule has 1 unspecified atom stereocenters. The number of rotatable bonds is 12. The molecule has 0 aromatic heterocycles. The van der Waals surface area contributed by atoms with E-state index < -0.39 is 28.5 Å². The van der Waals surface area contributed by atoms with Crippen LogP contribution in [0.1, 0.15) is 26.3 Å². The Morgan fingerprint density at radius 3 is 2.16 bits per heavy atom. The van der Waals surface area contributed by atoms with E-state index in [0.717, 1.165) is 14.3 Å². The highest BCUT2D eigenvalue weighted by Gasteiger charge is 2.32. The maximum absolute atomic E-state index is 13.8. The Labute approximate surface area is 232 Å². The Balaban J connectivity index is 2.02. The molecule has 0 aliphatic heterocycles. The lowest BCUT2D eigenvalue weighted by Crippen LogP contribution is -2.51. The lowest BCUT2D eigenvalue weighted by Gasteiger charge is -2.32. The average molecular weight is 603 g/mol. The Kier molecular flexibility index (Phi) is 10.3. The number of hydrogen-bond donors (Lipinski definition) is 1. The van der Waals surface area contributed by atoms with E-state index in [9.17, 15) is 18.0 Å². The van der Waals surface area contributed by atoms with Gasteiger partial charge in [0.2, 0.25) is 11.8 Å². The molecule has 0 saturated heterocycles. The first-order valence-corrected chi connectivity index (χ1v) is 14.5. The maximum Gasteiger partial charge on any atom is 0.264 e. The molecular weight excluding hydrogens is 570 g/mol. The molecule has 3 aromatic rings. The van der Waals surface area contributed by atoms with E-state index in [1.54, 1.807) is 50.2 Å². The Hall–Kier alpha value is -3.37. The number of nitrogens with one attached hydrogen (secondary N) is 1. The molecule has 8 nitrogen and oxygen atoms in total. The van der Waals surface area contributed by atoms with E-state index in [1.165, 1.54) is 17.0 Å². The zero-order valence-corrected chi connectivity index (χ0v) is 24.0. The summed E-state index contributed by atoms with van der Waals surface area (Å²) in [6.07, 6.45) is 0. The number of carbonyl (C=O) groups excluding carboxylic acids is 2. The number of anilines is 1. The van der Waals surface area contributed by atoms with Gasteiger partial charge in [0.25, 0.3) is 10.0 Å². The van der Waals surface area contributed by atoms with Crippen molar-refractivity contribution in [3.8, 4) is 5.75 Å². The molecule has 1 N–H and O–H groups in total. The summed E-state index contributed by atoms with van der Waals surface area (Å²) in [4.78, 5) is 28.0. The highest BCUT2D eigenvalue weighted by atomic mass is 79.9. The smallest absolute Gasteiger partial charge is 0.264 e. The van der Waals surface area contributed by atoms with Gasteiger partial charge in [-0.1, -0.05) is 46.3 Å². The van der Waals surface area contributed by atoms with E-state index in [0.29, 0.717) is 24.6 Å². The van der Waals surface area contributed by atoms with Crippen LogP contribution in [-0.4, -0.2) is 50.9 Å². The molecule has 2 amide bonds. The van der Waals surface area contributed by atoms with Crippen LogP contribution in [0, 0.1) is 0 Å². The summed E-state index contributed by atoms with van der Waals surface area (Å²) in [6, 6.07) is 21.2. The van der Waals surface area contributed by atoms with Gasteiger partial charge in [-0.2, -0.15) is 0 Å². The van der Waals surface area contributed by atoms with Crippen LogP contribution in [0.5, 0.6) is 5.75 Å². The zero-order valence-electron chi connectivity index (χ0n) is 21.6. The third-order valence-corrected chi connectivity index (χ3v) is 8.15. The lowest BCUT2D eigenvalue weighted by molar-refractivity contribution is -0.139. The fourth-order valence-corrected chi connectivity index (χ4v) is 5.50. The molecule has 0 spiro atoms. The van der Waals surface area contributed by atoms with Gasteiger partial charge in [-0.3, -0.25) is 13.9 Å². The van der Waals surface area contributed by atoms with Crippen molar-refractivity contribution in [3.63, 3.8) is 0 Å². The number of carbonyl (C=O) groups is 2. The molecule has 3 aromatic carbocycles. The second kappa shape index (κ2) is 13.4. The van der Waals surface area contributed by atoms with Gasteiger partial charge in [0.15, 0.2) is 0 Å². The highest BCUT2D eigenvalue weighted by molar-refractivity contribution is 9.10. The molecule has 3 rings (SSSR count). The highest BCUT2D eigenvalue weighted by Crippen LogP contribution is 2.27. The summed E-state index contributed by atoms with van der Waals surface area (Å²) >= 11 is 3.33. The van der Waals surface area contributed by atoms with Crippen molar-refractivity contribution in [3.05, 3.63) is 88.9 Å². The van der Waals surface area contributed by atoms with E-state index in [4.69, 9.17) is 4.74 Å². The predicted octanol–water partition coefficient (Wildman–Crippen LogP) is 4.60. The number of hydrogen-bond acceptors (Lipinski definition) is 5. The van der Waals surface area contributed by atoms with Crippen LogP contribution in [0.15, 0.2) is 88.2 Å². The van der Waals surface area contributed by atoms with Gasteiger partial charge in [-0.25, -0.2) is 8.42 Å². The van der Waals surface area contributed by atoms with Gasteiger partial charge in [0, 0.05) is 17.6 Å². The van der Waals surface area contributed by atoms with Crippen molar-refractivity contribution < 1.29 is 22.7 Å². The van der Waals surface area contributed by atoms with E-state index in [2.05, 4.69) is 21.2 Å². The third-order valence-electron chi connectivity index (χ3n) is 5.83. The SMILES string of the molecule is CCNC(=O)C(C)N(Cc1ccccc1)C(=O)CN(c1ccc(OCC)cc1)S(=O)(=O)c1ccc(Br)cc1. The summed E-state index contributed by atoms with van der Waals surface area (Å²) in [5.74, 6) is -0.249. The van der Waals surface area contributed by atoms with Crippen LogP contribution in [0.2, 0.25) is 0 Å². The quantitative estimate of drug-likeness (QED) is 0.327. The van der Waals surface area contributed by atoms with Gasteiger partial charge in [-0.05, 0) is 74.9 Å². The standard InChI is InChI=1S/C28H32BrN3O5S/c1-4-30-28(34)21(3)31(19-22-9-7-6-8-10-22)27(33)20-32(24-13-15-25(16-14-24)37-5-2)38(35,36)26-17-11-23(29)12-18-26/h6-18,21H,4-5,19-20H2,1-3H3,(H,30,34). The molecule has 0 bridgehead atoms. The second-order valence-corrected chi connectivity index (χ2v) is 11.2. The van der Waals surface area contributed by atoms with Gasteiger partial charge in [-0.15, -0.1) is 0 Å². The average Bonchev–Trinajstić information content (AvgIpc) is 2.91. The summed E-state index contributed by atoms with van der Waals surface area (Å²) in [5, 5.41) is 2.75. The van der Waals surface area contributed by atoms with E-state index in [1.807, 2.05) is 37.3 Å². The van der Waals surface area contributed by atoms with Gasteiger partial charge in [0.1, 0.15) is 18.3 Å². The molecule has 10 heteroatoms. The molecule has 0 radical (unpaired) electrons. The minimum absolute atomic E-state index is 0.0359. The van der Waals surface area contributed by atoms with Crippen LogP contribution in [0.25, 0.3) is 0 Å². The number of halogens is 1. The van der Waals surface area contributed by atoms with Gasteiger partial charge >= 0.3 is 0 Å². The van der Waals surface area contributed by atoms with Crippen LogP contribution in [-0.2, 0) is 26.2 Å². The van der Waals surface area contributed by atoms with Crippen LogP contribution >= 0.6 is 15.9 Å². The summed E-state index contributed by atoms with van der Waals surface area (Å²) in [7, 11) is -4.13. The molecule has 1 atom stereocenters. The fourth-order valence-electron chi connectivity index (χ4n) is 3.82. The normalized spacial score (nSPS) is 11.9. The first kappa shape index (κ1) is 29.2. The Bertz CT molecular complexity index is 1320. The summed E-state index contributed by atoms with van der Waals surface area (Å²) in [6.45, 7) is 5.81. The zero-order chi connectivity index (χ0) is 27.7. The van der Waals surface area contributed by atoms with E-state index >= 15 is 0 Å². The van der Waals surface area contributed by atoms with Crippen LogP contribution in [0.3, 0.4) is 0 Å². The van der Waals surface area contributed by atoms with Crippen molar-refractivity contribution in [1.82, 2.24) is 10.2 Å². The second-order valence-electron chi connectivity index (χ2n) is 8.47. The summed E-state index contributed by atoms with van der Waals surface area (Å²) in [5.41, 5.74) is 1.12. The molecule has 0 fully saturated rings. The molecule has 202 valence electrons. The van der Waals surface area contributed by atoms with Crippen LogP contribution < -0.4 is 14.4 Å². The van der Waals surface area contributed by atoms with Crippen molar-refractivity contribution in [1.29, 1.82) is 0 Å². The fraction of sp³-hybridized carbons (Fsp3) is 0.286. The molecule has 0 heterocycles. The molecular formula is C28H32BrN3O5S. The Morgan fingerprint density at radius 1 is 0.947 bits per heavy atom. The van der Waals surface area contributed by atoms with Crippen molar-refractivity contribution >= 4 is 43.5 Å². The van der Waals surface area contributed by atoms with Gasteiger partial charge in [0.05, 0.1) is 17.2 Å². The van der Waals surface area contributed by atoms with Crippen LogP contribution in [0.4, 0.5) is 5.69 Å². The minimum Gasteiger partial charge on any atom is -0.494 e. The van der Waals surface area contributed by atoms with Crippen molar-refractivity contribution in [2.24, 2.45) is 0 Å². The van der Waals surface area contributed by atoms with Crippen molar-refractivity contribution in [2.45, 2.75) is 38.3 Å². The largest absolute Gasteiger partial charge is 0.494 e. The number of nitrogens with zero attached hydrogens (tertiary/aromatic N) is 2. The number of benzene rings is 3. The molecule has 38 heavy (non-hydrogen) atoms. The molecule has 0 aliphatic rings. The van der Waals surface area contributed by atoms with Gasteiger partial charge < -0.3 is 15.0 Å². The monoisotopic (exact) mass is 601 g/mol. The Morgan fingerprint density at radius 2 is 1.58 bits per heavy atom. The topological polar surface area (TPSA) is 96.0 Å². The summed E-state index contributed by atoms with van der Waals surface area (Å²) < 4.78 is 34.9. The first-order chi connectivity index (χ1) is 18.2. The van der Waals surface area contributed by atoms with E-state index in [-0.39, 0.29) is 17.3 Å². The number of amides is 2. The first-order valence-electron chi connectivity index (χ1n) is 12.3. The maximum atomic E-state index is 13.8. The predicted molar refractivity (Wildman–Crippen MR) is 151 cm³/mol. The van der Waals surface area contributed by atoms with Crippen molar-refractivity contribution in [2.75, 3.05) is 24.0 Å². The lowest BCUT2D eigenvalue weighted by atomic mass is 10.1. The number of sulfonamides is 1. The molecule has 0 saturated carbocycles. The third kappa shape index (κ3) is 7.35.